The molecule has 5 N–H and O–H groups in total. The number of aryl methyl sites for hydroxylation is 4. The molecule has 0 saturated carbocycles. The number of β-amino-alcohol motifs (C(OH)–C–C–N with tert-alkyl or cyclic N) is 2. The molecule has 0 aliphatic carbocycles. The van der Waals surface area contributed by atoms with Crippen molar-refractivity contribution >= 4 is 70.7 Å². The van der Waals surface area contributed by atoms with Gasteiger partial charge in [0.05, 0.1) is 63.8 Å². The molecule has 2 aromatic carbocycles. The smallest absolute Gasteiger partial charge is 1.00 e. The second kappa shape index (κ2) is 32.1. The number of hydrogen-bond acceptors (Lipinski definition) is 19. The van der Waals surface area contributed by atoms with E-state index in [1.54, 1.807) is 33.2 Å². The molecule has 2 aliphatic heterocycles. The summed E-state index contributed by atoms with van der Waals surface area (Å²) in [5, 5.41) is 45.3. The number of nitriles is 1. The van der Waals surface area contributed by atoms with Crippen molar-refractivity contribution in [1.82, 2.24) is 49.1 Å². The molecule has 24 nitrogen and oxygen atoms in total. The maximum Gasteiger partial charge on any atom is 1.00 e. The molecule has 30 heteroatoms. The number of rotatable bonds is 14. The van der Waals surface area contributed by atoms with Crippen molar-refractivity contribution in [1.29, 1.82) is 5.26 Å². The summed E-state index contributed by atoms with van der Waals surface area (Å²) in [6.45, 7) is 11.3. The van der Waals surface area contributed by atoms with Crippen LogP contribution < -0.4 is 134 Å². The van der Waals surface area contributed by atoms with Crippen molar-refractivity contribution < 1.29 is 156 Å². The van der Waals surface area contributed by atoms with Crippen molar-refractivity contribution in [3.63, 3.8) is 0 Å². The molecule has 2 saturated heterocycles. The molecule has 2 aliphatic rings. The van der Waals surface area contributed by atoms with Crippen LogP contribution in [0.2, 0.25) is 0 Å². The van der Waals surface area contributed by atoms with Gasteiger partial charge in [-0.25, -0.2) is 26.8 Å². The van der Waals surface area contributed by atoms with Crippen LogP contribution in [0.5, 0.6) is 11.5 Å². The van der Waals surface area contributed by atoms with Gasteiger partial charge >= 0.3 is 103 Å². The number of aromatic amines is 2. The predicted molar refractivity (Wildman–Crippen MR) is 263 cm³/mol. The molecule has 6 aromatic rings. The van der Waals surface area contributed by atoms with Crippen molar-refractivity contribution in [3.8, 4) is 40.3 Å². The maximum atomic E-state index is 12.9. The summed E-state index contributed by atoms with van der Waals surface area (Å²) in [7, 11) is 1.12. The molecule has 0 atom stereocenters. The summed E-state index contributed by atoms with van der Waals surface area (Å²) in [5.74, 6) is 1.22. The first kappa shape index (κ1) is 68.3. The number of carbonyl (C=O) groups is 1. The molecule has 73 heavy (non-hydrogen) atoms. The second-order valence-electron chi connectivity index (χ2n) is 15.2. The zero-order chi connectivity index (χ0) is 51.9. The van der Waals surface area contributed by atoms with Crippen molar-refractivity contribution in [3.05, 3.63) is 68.5 Å². The number of aliphatic hydroxyl groups is 2. The molecule has 0 amide bonds. The molecule has 0 radical (unpaired) electrons. The normalized spacial score (nSPS) is 13.1. The van der Waals surface area contributed by atoms with E-state index in [1.165, 1.54) is 50.9 Å². The molecule has 2 fully saturated rings. The number of aliphatic hydroxyl groups excluding tert-OH is 2. The van der Waals surface area contributed by atoms with Gasteiger partial charge in [0, 0.05) is 57.9 Å². The molecule has 0 bridgehead atoms. The van der Waals surface area contributed by atoms with Crippen LogP contribution in [0.3, 0.4) is 0 Å². The third-order valence-electron chi connectivity index (χ3n) is 10.1. The van der Waals surface area contributed by atoms with E-state index < -0.39 is 25.2 Å². The minimum atomic E-state index is -3.95. The van der Waals surface area contributed by atoms with Gasteiger partial charge in [-0.15, -0.1) is 12.4 Å². The topological polar surface area (TPSA) is 343 Å². The molecular formula is C43H57Cl2K2N11O13S2. The van der Waals surface area contributed by atoms with E-state index in [4.69, 9.17) is 40.6 Å². The number of nitrogens with zero attached hydrogens (tertiary/aromatic N) is 8. The summed E-state index contributed by atoms with van der Waals surface area (Å²) in [6, 6.07) is 10.4. The number of benzene rings is 2. The Kier molecular flexibility index (Phi) is 30.0. The van der Waals surface area contributed by atoms with Crippen molar-refractivity contribution in [2.24, 2.45) is 14.1 Å². The molecule has 4 aromatic heterocycles. The summed E-state index contributed by atoms with van der Waals surface area (Å²) < 4.78 is 64.7. The molecular weight excluding hydrogens is 1090 g/mol. The number of sulfonamides is 1. The summed E-state index contributed by atoms with van der Waals surface area (Å²) in [5.41, 5.74) is 3.10. The summed E-state index contributed by atoms with van der Waals surface area (Å²) >= 11 is 0. The fourth-order valence-electron chi connectivity index (χ4n) is 6.86. The Morgan fingerprint density at radius 2 is 1.19 bits per heavy atom. The van der Waals surface area contributed by atoms with Crippen LogP contribution in [-0.4, -0.2) is 129 Å². The van der Waals surface area contributed by atoms with Gasteiger partial charge in [0.15, 0.2) is 11.0 Å². The van der Waals surface area contributed by atoms with E-state index >= 15 is 0 Å². The predicted octanol–water partition coefficient (Wildman–Crippen LogP) is -3.90. The summed E-state index contributed by atoms with van der Waals surface area (Å²) in [4.78, 5) is 51.3. The quantitative estimate of drug-likeness (QED) is 0.0229. The molecule has 6 heterocycles. The van der Waals surface area contributed by atoms with Crippen LogP contribution in [0.25, 0.3) is 44.8 Å². The number of nitrogens with one attached hydrogen (secondary N) is 3. The third-order valence-corrected chi connectivity index (χ3v) is 13.2. The fourth-order valence-corrected chi connectivity index (χ4v) is 9.18. The van der Waals surface area contributed by atoms with Crippen LogP contribution in [0.15, 0.2) is 55.8 Å². The van der Waals surface area contributed by atoms with Gasteiger partial charge in [-0.3, -0.25) is 23.7 Å². The Labute approximate surface area is 518 Å². The van der Waals surface area contributed by atoms with E-state index in [0.29, 0.717) is 82.1 Å². The fraction of sp³-hybridized carbons (Fsp3) is 0.442. The van der Waals surface area contributed by atoms with Gasteiger partial charge < -0.3 is 46.5 Å². The van der Waals surface area contributed by atoms with Gasteiger partial charge in [-0.1, -0.05) is 26.7 Å². The molecule has 8 rings (SSSR count). The second-order valence-corrected chi connectivity index (χ2v) is 19.7. The van der Waals surface area contributed by atoms with Crippen LogP contribution in [-0.2, 0) is 55.7 Å². The van der Waals surface area contributed by atoms with Gasteiger partial charge in [-0.2, -0.15) is 19.8 Å². The molecule has 0 unspecified atom stereocenters. The van der Waals surface area contributed by atoms with E-state index in [0.717, 1.165) is 25.9 Å². The van der Waals surface area contributed by atoms with Gasteiger partial charge in [0.2, 0.25) is 10.0 Å². The van der Waals surface area contributed by atoms with Gasteiger partial charge in [0.25, 0.3) is 26.6 Å². The molecule has 390 valence electrons. The molecule has 0 spiro atoms. The van der Waals surface area contributed by atoms with E-state index in [9.17, 15) is 31.5 Å². The van der Waals surface area contributed by atoms with Crippen LogP contribution in [0, 0.1) is 11.3 Å². The van der Waals surface area contributed by atoms with Crippen LogP contribution in [0.1, 0.15) is 60.3 Å². The maximum absolute atomic E-state index is 12.9. The average Bonchev–Trinajstić information content (AvgIpc) is 3.79. The standard InChI is InChI=1S/C20H25N5O5S.C17H19ClN4O4S.C3H7NO.C2H3N.CH2O3.ClH.2K.H/c1-4-6-15-17-18(24(3)23-15)20(27)22-19(21-17)14-9-13(7-8-16(14)30-5-2)31(28,29)25-10-12(26)11-25;1-4-6-12-14-15(22(3)21-12)17(23)20-16(19-14)11-9-10(27(18,24)25)7-8-13(11)26-5-2;5-3-1-4-2-3;1-2-3;2-1-4-3;;;;/h7-9,12,26H,4-6,10-11H2,1-3H3,(H,21,22,27);7-9H,4-6H2,1-3H3,(H,19,20,23);3-5H,1-2H2;1H3;1,3H;1H;;;/q;;;;;;2*+1;-1/p-1. The number of halogens is 2. The minimum absolute atomic E-state index is 0. The van der Waals surface area contributed by atoms with Crippen LogP contribution in [0.4, 0.5) is 0 Å². The monoisotopic (exact) mass is 1150 g/mol. The van der Waals surface area contributed by atoms with Crippen molar-refractivity contribution in [2.75, 3.05) is 39.4 Å². The van der Waals surface area contributed by atoms with Gasteiger partial charge in [-0.05, 0) is 63.1 Å². The zero-order valence-electron chi connectivity index (χ0n) is 42.8. The Balaban J connectivity index is 0.00000113. The number of aromatic nitrogens is 8. The van der Waals surface area contributed by atoms with Gasteiger partial charge in [0.1, 0.15) is 34.2 Å². The SMILES string of the molecule is CC#N.CCCc1nn(C)c2c(=O)[nH]c(-c3cc(S(=O)(=O)Cl)ccc3OCC)nc12.CCCc1nn(C)c2c(=O)[nH]c(-c3cc(S(=O)(=O)N4CC(O)C4)ccc3OCC)nc12.Cl.O=CO[O-].OC1CNC1.[H-].[K+].[K+]. The Morgan fingerprint density at radius 1 is 0.808 bits per heavy atom. The minimum Gasteiger partial charge on any atom is -1.00 e. The Morgan fingerprint density at radius 3 is 1.51 bits per heavy atom. The first-order valence-corrected chi connectivity index (χ1v) is 25.5. The summed E-state index contributed by atoms with van der Waals surface area (Å²) in [6.07, 6.45) is 2.32. The zero-order valence-corrected chi connectivity index (χ0v) is 51.3. The number of carbonyl (C=O) groups excluding carboxylic acids is 1. The largest absolute Gasteiger partial charge is 1.00 e. The number of H-pyrrole nitrogens is 2. The van der Waals surface area contributed by atoms with Crippen LogP contribution >= 0.6 is 23.1 Å². The first-order valence-electron chi connectivity index (χ1n) is 21.8. The van der Waals surface area contributed by atoms with E-state index in [-0.39, 0.29) is 175 Å². The van der Waals surface area contributed by atoms with E-state index in [1.807, 2.05) is 20.8 Å². The third kappa shape index (κ3) is 17.9. The first-order chi connectivity index (χ1) is 33.2. The Bertz CT molecular complexity index is 3170. The number of hydrogen-bond donors (Lipinski definition) is 5. The van der Waals surface area contributed by atoms with Crippen molar-refractivity contribution in [2.45, 2.75) is 82.3 Å². The Hall–Kier alpha value is -2.75. The average molecular weight is 1150 g/mol. The number of ether oxygens (including phenoxy) is 2. The number of fused-ring (bicyclic) bond motifs is 2. The van der Waals surface area contributed by atoms with E-state index in [2.05, 4.69) is 40.3 Å².